The minimum absolute atomic E-state index is 0.00340. The van der Waals surface area contributed by atoms with Crippen LogP contribution in [-0.2, 0) is 4.74 Å². The second kappa shape index (κ2) is 10.3. The lowest BCUT2D eigenvalue weighted by atomic mass is 10.0. The number of aliphatic hydroxyl groups is 3. The first-order valence-electron chi connectivity index (χ1n) is 11.7. The van der Waals surface area contributed by atoms with Gasteiger partial charge in [-0.2, -0.15) is 0 Å². The number of nitrogens with zero attached hydrogens (tertiary/aromatic N) is 1. The predicted molar refractivity (Wildman–Crippen MR) is 140 cm³/mol. The van der Waals surface area contributed by atoms with Crippen LogP contribution in [0.5, 0.6) is 11.5 Å². The molecule has 2 heterocycles. The number of hydrogen-bond donors (Lipinski definition) is 4. The van der Waals surface area contributed by atoms with Crippen molar-refractivity contribution in [2.24, 2.45) is 0 Å². The number of fused-ring (bicyclic) bond motifs is 2. The molecule has 0 radical (unpaired) electrons. The molecule has 0 saturated carbocycles. The van der Waals surface area contributed by atoms with Crippen LogP contribution in [0, 0.1) is 5.82 Å². The Morgan fingerprint density at radius 2 is 1.76 bits per heavy atom. The maximum atomic E-state index is 13.2. The molecular weight excluding hydrogens is 515 g/mol. The van der Waals surface area contributed by atoms with E-state index in [2.05, 4.69) is 4.31 Å². The van der Waals surface area contributed by atoms with Crippen molar-refractivity contribution < 1.29 is 38.4 Å². The van der Waals surface area contributed by atoms with Gasteiger partial charge in [-0.1, -0.05) is 11.9 Å². The standard InChI is InChI=1S/C27H25FN2O7S/c1-15-20-13-21-23(14-22(20)30(38-2)11-12-35-15)37-25(24(21)26(31)29-27(32,33)34)16-3-7-18(8-4-16)36-19-9-5-17(28)6-10-19/h3-10,13-15,32-34H,11-12H2,1-2H3,(H,29,31). The van der Waals surface area contributed by atoms with Crippen LogP contribution in [0.4, 0.5) is 10.1 Å². The summed E-state index contributed by atoms with van der Waals surface area (Å²) in [6.07, 6.45) is -1.74. The minimum Gasteiger partial charge on any atom is -0.457 e. The van der Waals surface area contributed by atoms with E-state index < -0.39 is 12.0 Å². The molecule has 1 unspecified atom stereocenters. The van der Waals surface area contributed by atoms with Gasteiger partial charge in [-0.15, -0.1) is 0 Å². The van der Waals surface area contributed by atoms with E-state index in [1.807, 2.05) is 19.2 Å². The van der Waals surface area contributed by atoms with Gasteiger partial charge in [0.25, 0.3) is 5.91 Å². The van der Waals surface area contributed by atoms with Crippen molar-refractivity contribution in [1.29, 1.82) is 0 Å². The molecular formula is C27H25FN2O7S. The Bertz CT molecular complexity index is 1470. The van der Waals surface area contributed by atoms with Gasteiger partial charge in [0, 0.05) is 28.8 Å². The smallest absolute Gasteiger partial charge is 0.369 e. The number of carbonyl (C=O) groups is 1. The maximum Gasteiger partial charge on any atom is 0.369 e. The van der Waals surface area contributed by atoms with E-state index in [0.717, 1.165) is 11.3 Å². The van der Waals surface area contributed by atoms with E-state index in [1.54, 1.807) is 35.6 Å². The van der Waals surface area contributed by atoms with Gasteiger partial charge in [-0.25, -0.2) is 4.39 Å². The van der Waals surface area contributed by atoms with Crippen LogP contribution < -0.4 is 14.4 Å². The van der Waals surface area contributed by atoms with Crippen LogP contribution in [0.2, 0.25) is 0 Å². The van der Waals surface area contributed by atoms with E-state index in [-0.39, 0.29) is 23.2 Å². The molecule has 198 valence electrons. The van der Waals surface area contributed by atoms with Crippen LogP contribution in [-0.4, -0.2) is 46.7 Å². The summed E-state index contributed by atoms with van der Waals surface area (Å²) in [5.41, 5.74) is 2.61. The van der Waals surface area contributed by atoms with Crippen molar-refractivity contribution >= 4 is 34.5 Å². The molecule has 1 aliphatic heterocycles. The summed E-state index contributed by atoms with van der Waals surface area (Å²) in [5, 5.41) is 30.5. The Labute approximate surface area is 221 Å². The number of nitrogens with one attached hydrogen (secondary N) is 1. The van der Waals surface area contributed by atoms with Crippen LogP contribution in [0.3, 0.4) is 0 Å². The second-order valence-electron chi connectivity index (χ2n) is 8.68. The highest BCUT2D eigenvalue weighted by molar-refractivity contribution is 7.99. The lowest BCUT2D eigenvalue weighted by molar-refractivity contribution is -0.323. The van der Waals surface area contributed by atoms with Crippen molar-refractivity contribution in [2.75, 3.05) is 23.7 Å². The summed E-state index contributed by atoms with van der Waals surface area (Å²) in [6.45, 7) is 3.09. The zero-order chi connectivity index (χ0) is 27.0. The third-order valence-corrected chi connectivity index (χ3v) is 6.92. The first kappa shape index (κ1) is 26.0. The lowest BCUT2D eigenvalue weighted by Gasteiger charge is -2.21. The highest BCUT2D eigenvalue weighted by Gasteiger charge is 2.31. The average molecular weight is 541 g/mol. The third-order valence-electron chi connectivity index (χ3n) is 6.10. The molecule has 11 heteroatoms. The van der Waals surface area contributed by atoms with Gasteiger partial charge in [-0.3, -0.25) is 10.1 Å². The fourth-order valence-electron chi connectivity index (χ4n) is 4.36. The first-order chi connectivity index (χ1) is 18.1. The quantitative estimate of drug-likeness (QED) is 0.206. The largest absolute Gasteiger partial charge is 0.457 e. The molecule has 1 aliphatic rings. The topological polar surface area (TPSA) is 125 Å². The van der Waals surface area contributed by atoms with E-state index in [4.69, 9.17) is 13.9 Å². The molecule has 38 heavy (non-hydrogen) atoms. The summed E-state index contributed by atoms with van der Waals surface area (Å²) < 4.78 is 33.1. The second-order valence-corrected chi connectivity index (χ2v) is 9.49. The monoisotopic (exact) mass is 540 g/mol. The minimum atomic E-state index is -3.43. The molecule has 0 bridgehead atoms. The molecule has 0 aliphatic carbocycles. The van der Waals surface area contributed by atoms with Gasteiger partial charge in [0.05, 0.1) is 30.5 Å². The molecule has 3 aromatic carbocycles. The maximum absolute atomic E-state index is 13.2. The highest BCUT2D eigenvalue weighted by atomic mass is 32.2. The number of carbonyl (C=O) groups excluding carboxylic acids is 1. The van der Waals surface area contributed by atoms with E-state index >= 15 is 0 Å². The molecule has 5 rings (SSSR count). The normalized spacial score (nSPS) is 15.7. The summed E-state index contributed by atoms with van der Waals surface area (Å²) in [4.78, 5) is 13.2. The summed E-state index contributed by atoms with van der Waals surface area (Å²) >= 11 is 1.54. The zero-order valence-electron chi connectivity index (χ0n) is 20.5. The van der Waals surface area contributed by atoms with E-state index in [1.165, 1.54) is 36.2 Å². The Hall–Kier alpha value is -3.61. The Balaban J connectivity index is 1.60. The number of ether oxygens (including phenoxy) is 2. The van der Waals surface area contributed by atoms with Gasteiger partial charge in [0.15, 0.2) is 0 Å². The summed E-state index contributed by atoms with van der Waals surface area (Å²) in [6, 6.07) is 15.8. The number of amides is 1. The van der Waals surface area contributed by atoms with Gasteiger partial charge in [0.2, 0.25) is 0 Å². The molecule has 9 nitrogen and oxygen atoms in total. The SMILES string of the molecule is CSN1CCOC(C)c2cc3c(C(=O)NC(O)(O)O)c(-c4ccc(Oc5ccc(F)cc5)cc4)oc3cc21. The summed E-state index contributed by atoms with van der Waals surface area (Å²) in [5.74, 6) is -0.263. The molecule has 0 saturated heterocycles. The van der Waals surface area contributed by atoms with E-state index in [0.29, 0.717) is 41.2 Å². The van der Waals surface area contributed by atoms with Gasteiger partial charge in [0.1, 0.15) is 28.7 Å². The predicted octanol–water partition coefficient (Wildman–Crippen LogP) is 4.52. The lowest BCUT2D eigenvalue weighted by Crippen LogP contribution is -2.48. The molecule has 4 aromatic rings. The fraction of sp³-hybridized carbons (Fsp3) is 0.222. The van der Waals surface area contributed by atoms with Gasteiger partial charge < -0.3 is 33.5 Å². The number of rotatable bonds is 6. The van der Waals surface area contributed by atoms with Crippen LogP contribution in [0.1, 0.15) is 28.9 Å². The van der Waals surface area contributed by atoms with Gasteiger partial charge in [-0.05, 0) is 61.5 Å². The van der Waals surface area contributed by atoms with Crippen molar-refractivity contribution in [1.82, 2.24) is 5.32 Å². The van der Waals surface area contributed by atoms with Crippen LogP contribution >= 0.6 is 11.9 Å². The average Bonchev–Trinajstić information content (AvgIpc) is 3.17. The fourth-order valence-corrected chi connectivity index (χ4v) is 4.97. The van der Waals surface area contributed by atoms with Crippen molar-refractivity contribution in [3.63, 3.8) is 0 Å². The highest BCUT2D eigenvalue weighted by Crippen LogP contribution is 2.42. The van der Waals surface area contributed by atoms with Crippen molar-refractivity contribution in [3.8, 4) is 22.8 Å². The molecule has 0 spiro atoms. The van der Waals surface area contributed by atoms with Crippen LogP contribution in [0.15, 0.2) is 65.1 Å². The van der Waals surface area contributed by atoms with Crippen molar-refractivity contribution in [3.05, 3.63) is 77.6 Å². The van der Waals surface area contributed by atoms with Crippen molar-refractivity contribution in [2.45, 2.75) is 19.1 Å². The number of hydrogen-bond acceptors (Lipinski definition) is 9. The Morgan fingerprint density at radius 1 is 1.11 bits per heavy atom. The number of furan rings is 1. The molecule has 1 aromatic heterocycles. The summed E-state index contributed by atoms with van der Waals surface area (Å²) in [7, 11) is 0. The Morgan fingerprint density at radius 3 is 2.39 bits per heavy atom. The first-order valence-corrected chi connectivity index (χ1v) is 12.9. The molecule has 0 fully saturated rings. The number of anilines is 1. The number of halogens is 1. The zero-order valence-corrected chi connectivity index (χ0v) is 21.3. The van der Waals surface area contributed by atoms with Crippen LogP contribution in [0.25, 0.3) is 22.3 Å². The third kappa shape index (κ3) is 5.33. The molecule has 1 amide bonds. The number of benzene rings is 3. The van der Waals surface area contributed by atoms with E-state index in [9.17, 15) is 24.5 Å². The Kier molecular flexibility index (Phi) is 7.03. The van der Waals surface area contributed by atoms with Gasteiger partial charge >= 0.3 is 6.10 Å². The molecule has 1 atom stereocenters. The molecule has 4 N–H and O–H groups in total.